The minimum absolute atomic E-state index is 0.0278. The highest BCUT2D eigenvalue weighted by Gasteiger charge is 2.18. The Hall–Kier alpha value is -1.81. The van der Waals surface area contributed by atoms with Crippen LogP contribution < -0.4 is 5.73 Å². The first kappa shape index (κ1) is 10.7. The largest absolute Gasteiger partial charge is 0.481 e. The van der Waals surface area contributed by atoms with E-state index in [4.69, 9.17) is 15.3 Å². The van der Waals surface area contributed by atoms with Gasteiger partial charge in [0.1, 0.15) is 5.58 Å². The van der Waals surface area contributed by atoms with Crippen LogP contribution in [0.25, 0.3) is 11.0 Å². The van der Waals surface area contributed by atoms with Crippen LogP contribution in [0.3, 0.4) is 0 Å². The van der Waals surface area contributed by atoms with Crippen LogP contribution in [-0.4, -0.2) is 17.6 Å². The second-order valence-electron chi connectivity index (χ2n) is 3.72. The van der Waals surface area contributed by atoms with Gasteiger partial charge in [-0.15, -0.1) is 0 Å². The van der Waals surface area contributed by atoms with Gasteiger partial charge in [0, 0.05) is 16.9 Å². The highest BCUT2D eigenvalue weighted by atomic mass is 16.4. The lowest BCUT2D eigenvalue weighted by molar-refractivity contribution is -0.137. The van der Waals surface area contributed by atoms with Crippen molar-refractivity contribution in [2.75, 3.05) is 6.54 Å². The molecule has 4 heteroatoms. The average molecular weight is 219 g/mol. The molecule has 0 aliphatic heterocycles. The van der Waals surface area contributed by atoms with E-state index < -0.39 is 5.97 Å². The Morgan fingerprint density at radius 3 is 2.88 bits per heavy atom. The van der Waals surface area contributed by atoms with E-state index in [2.05, 4.69) is 0 Å². The maximum Gasteiger partial charge on any atom is 0.304 e. The third-order valence-corrected chi connectivity index (χ3v) is 2.66. The molecule has 0 aliphatic rings. The first-order valence-corrected chi connectivity index (χ1v) is 5.10. The van der Waals surface area contributed by atoms with Gasteiger partial charge in [-0.2, -0.15) is 0 Å². The number of para-hydroxylation sites is 1. The minimum Gasteiger partial charge on any atom is -0.481 e. The summed E-state index contributed by atoms with van der Waals surface area (Å²) in [5.74, 6) is -1.04. The highest BCUT2D eigenvalue weighted by Crippen LogP contribution is 2.28. The molecule has 1 aromatic heterocycles. The fraction of sp³-hybridized carbons (Fsp3) is 0.250. The van der Waals surface area contributed by atoms with Crippen LogP contribution in [-0.2, 0) is 4.79 Å². The van der Waals surface area contributed by atoms with Gasteiger partial charge in [0.25, 0.3) is 0 Å². The fourth-order valence-corrected chi connectivity index (χ4v) is 1.85. The molecule has 84 valence electrons. The topological polar surface area (TPSA) is 76.5 Å². The Kier molecular flexibility index (Phi) is 2.92. The van der Waals surface area contributed by atoms with E-state index in [9.17, 15) is 4.79 Å². The molecule has 0 amide bonds. The Labute approximate surface area is 92.7 Å². The lowest BCUT2D eigenvalue weighted by Gasteiger charge is -2.09. The van der Waals surface area contributed by atoms with Gasteiger partial charge in [-0.1, -0.05) is 18.2 Å². The third kappa shape index (κ3) is 1.92. The van der Waals surface area contributed by atoms with Crippen LogP contribution in [0.5, 0.6) is 0 Å². The molecule has 1 unspecified atom stereocenters. The summed E-state index contributed by atoms with van der Waals surface area (Å²) in [6.07, 6.45) is 1.63. The van der Waals surface area contributed by atoms with E-state index in [1.54, 1.807) is 6.26 Å². The van der Waals surface area contributed by atoms with Crippen LogP contribution in [0.4, 0.5) is 0 Å². The summed E-state index contributed by atoms with van der Waals surface area (Å²) in [7, 11) is 0. The van der Waals surface area contributed by atoms with Crippen molar-refractivity contribution in [1.82, 2.24) is 0 Å². The van der Waals surface area contributed by atoms with Gasteiger partial charge >= 0.3 is 5.97 Å². The summed E-state index contributed by atoms with van der Waals surface area (Å²) in [5.41, 5.74) is 7.24. The van der Waals surface area contributed by atoms with E-state index >= 15 is 0 Å². The molecule has 0 saturated carbocycles. The second-order valence-corrected chi connectivity index (χ2v) is 3.72. The van der Waals surface area contributed by atoms with Crippen molar-refractivity contribution in [3.8, 4) is 0 Å². The fourth-order valence-electron chi connectivity index (χ4n) is 1.85. The summed E-state index contributed by atoms with van der Waals surface area (Å²) < 4.78 is 5.36. The lowest BCUT2D eigenvalue weighted by atomic mass is 9.95. The predicted octanol–water partition coefficient (Wildman–Crippen LogP) is 1.95. The van der Waals surface area contributed by atoms with Crippen molar-refractivity contribution in [3.05, 3.63) is 36.1 Å². The molecule has 0 aliphatic carbocycles. The monoisotopic (exact) mass is 219 g/mol. The second kappa shape index (κ2) is 4.37. The number of carboxylic acids is 1. The maximum absolute atomic E-state index is 10.7. The Balaban J connectivity index is 2.41. The number of hydrogen-bond acceptors (Lipinski definition) is 3. The van der Waals surface area contributed by atoms with E-state index in [-0.39, 0.29) is 12.3 Å². The van der Waals surface area contributed by atoms with Gasteiger partial charge in [0.15, 0.2) is 0 Å². The Morgan fingerprint density at radius 2 is 2.19 bits per heavy atom. The summed E-state index contributed by atoms with van der Waals surface area (Å²) in [6, 6.07) is 7.55. The molecule has 0 spiro atoms. The van der Waals surface area contributed by atoms with Gasteiger partial charge in [-0.05, 0) is 12.6 Å². The molecule has 0 fully saturated rings. The quantitative estimate of drug-likeness (QED) is 0.824. The average Bonchev–Trinajstić information content (AvgIpc) is 2.69. The number of benzene rings is 1. The Morgan fingerprint density at radius 1 is 1.44 bits per heavy atom. The van der Waals surface area contributed by atoms with E-state index in [0.717, 1.165) is 16.5 Å². The van der Waals surface area contributed by atoms with Crippen LogP contribution >= 0.6 is 0 Å². The van der Waals surface area contributed by atoms with Crippen molar-refractivity contribution in [3.63, 3.8) is 0 Å². The summed E-state index contributed by atoms with van der Waals surface area (Å²) in [4.78, 5) is 10.7. The van der Waals surface area contributed by atoms with Crippen LogP contribution in [0, 0.1) is 0 Å². The van der Waals surface area contributed by atoms with Gasteiger partial charge < -0.3 is 15.3 Å². The molecular weight excluding hydrogens is 206 g/mol. The van der Waals surface area contributed by atoms with E-state index in [1.807, 2.05) is 24.3 Å². The molecule has 0 radical (unpaired) electrons. The zero-order valence-electron chi connectivity index (χ0n) is 8.72. The SMILES string of the molecule is NCC(CC(=O)O)c1coc2ccccc12. The molecule has 0 saturated heterocycles. The number of fused-ring (bicyclic) bond motifs is 1. The smallest absolute Gasteiger partial charge is 0.304 e. The minimum atomic E-state index is -0.847. The molecule has 1 heterocycles. The Bertz CT molecular complexity index is 504. The van der Waals surface area contributed by atoms with Crippen LogP contribution in [0.1, 0.15) is 17.9 Å². The van der Waals surface area contributed by atoms with Gasteiger partial charge in [0.05, 0.1) is 12.7 Å². The number of nitrogens with two attached hydrogens (primary N) is 1. The molecule has 4 nitrogen and oxygen atoms in total. The lowest BCUT2D eigenvalue weighted by Crippen LogP contribution is -2.15. The predicted molar refractivity (Wildman–Crippen MR) is 60.3 cm³/mol. The number of carboxylic acid groups (broad SMARTS) is 1. The van der Waals surface area contributed by atoms with Crippen molar-refractivity contribution < 1.29 is 14.3 Å². The van der Waals surface area contributed by atoms with Crippen molar-refractivity contribution >= 4 is 16.9 Å². The molecule has 0 bridgehead atoms. The molecule has 1 aromatic carbocycles. The normalized spacial score (nSPS) is 12.8. The van der Waals surface area contributed by atoms with Gasteiger partial charge in [0.2, 0.25) is 0 Å². The summed E-state index contributed by atoms with van der Waals surface area (Å²) >= 11 is 0. The van der Waals surface area contributed by atoms with Crippen molar-refractivity contribution in [2.45, 2.75) is 12.3 Å². The van der Waals surface area contributed by atoms with E-state index in [0.29, 0.717) is 6.54 Å². The molecule has 2 rings (SSSR count). The first-order valence-electron chi connectivity index (χ1n) is 5.10. The van der Waals surface area contributed by atoms with Crippen LogP contribution in [0.15, 0.2) is 34.9 Å². The number of furan rings is 1. The third-order valence-electron chi connectivity index (χ3n) is 2.66. The molecule has 3 N–H and O–H groups in total. The number of aliphatic carboxylic acids is 1. The summed E-state index contributed by atoms with van der Waals surface area (Å²) in [5, 5.41) is 9.74. The molecule has 16 heavy (non-hydrogen) atoms. The maximum atomic E-state index is 10.7. The van der Waals surface area contributed by atoms with E-state index in [1.165, 1.54) is 0 Å². The number of carbonyl (C=O) groups is 1. The zero-order chi connectivity index (χ0) is 11.5. The van der Waals surface area contributed by atoms with Gasteiger partial charge in [-0.25, -0.2) is 0 Å². The number of hydrogen-bond donors (Lipinski definition) is 2. The first-order chi connectivity index (χ1) is 7.72. The molecule has 1 atom stereocenters. The van der Waals surface area contributed by atoms with Crippen molar-refractivity contribution in [1.29, 1.82) is 0 Å². The highest BCUT2D eigenvalue weighted by molar-refractivity contribution is 5.82. The number of rotatable bonds is 4. The van der Waals surface area contributed by atoms with Crippen LogP contribution in [0.2, 0.25) is 0 Å². The zero-order valence-corrected chi connectivity index (χ0v) is 8.72. The molecule has 2 aromatic rings. The standard InChI is InChI=1S/C12H13NO3/c13-6-8(5-12(14)15)10-7-16-11-4-2-1-3-9(10)11/h1-4,7-8H,5-6,13H2,(H,14,15). The molecular formula is C12H13NO3. The summed E-state index contributed by atoms with van der Waals surface area (Å²) in [6.45, 7) is 0.301. The van der Waals surface area contributed by atoms with Crippen molar-refractivity contribution in [2.24, 2.45) is 5.73 Å². The van der Waals surface area contributed by atoms with Gasteiger partial charge in [-0.3, -0.25) is 4.79 Å².